The number of hydrogen-bond donors (Lipinski definition) is 1. The zero-order valence-corrected chi connectivity index (χ0v) is 18.6. The van der Waals surface area contributed by atoms with Crippen LogP contribution in [0.2, 0.25) is 0 Å². The van der Waals surface area contributed by atoms with Crippen LogP contribution in [0.4, 0.5) is 0 Å². The van der Waals surface area contributed by atoms with Crippen LogP contribution in [0.5, 0.6) is 5.75 Å². The topological polar surface area (TPSA) is 62.7 Å². The fourth-order valence-electron chi connectivity index (χ4n) is 3.94. The quantitative estimate of drug-likeness (QED) is 0.614. The summed E-state index contributed by atoms with van der Waals surface area (Å²) in [5.41, 5.74) is 0.657. The lowest BCUT2D eigenvalue weighted by molar-refractivity contribution is 0.0209. The van der Waals surface area contributed by atoms with E-state index in [1.165, 1.54) is 0 Å². The van der Waals surface area contributed by atoms with Crippen molar-refractivity contribution in [3.8, 4) is 5.75 Å². The number of likely N-dealkylation sites (tertiary alicyclic amines) is 1. The molecular weight excluding hydrogens is 408 g/mol. The minimum absolute atomic E-state index is 0.0268. The highest BCUT2D eigenvalue weighted by molar-refractivity contribution is 7.11. The Morgan fingerprint density at radius 2 is 1.81 bits per heavy atom. The van der Waals surface area contributed by atoms with Gasteiger partial charge in [-0.15, -0.1) is 11.3 Å². The van der Waals surface area contributed by atoms with E-state index in [0.717, 1.165) is 34.2 Å². The van der Waals surface area contributed by atoms with E-state index in [4.69, 9.17) is 9.72 Å². The summed E-state index contributed by atoms with van der Waals surface area (Å²) < 4.78 is 5.82. The predicted octanol–water partition coefficient (Wildman–Crippen LogP) is 4.59. The monoisotopic (exact) mass is 436 g/mol. The van der Waals surface area contributed by atoms with Crippen molar-refractivity contribution in [2.75, 3.05) is 19.7 Å². The lowest BCUT2D eigenvalue weighted by atomic mass is 9.96. The molecule has 0 unspecified atom stereocenters. The van der Waals surface area contributed by atoms with Gasteiger partial charge in [-0.2, -0.15) is 0 Å². The number of benzene rings is 2. The van der Waals surface area contributed by atoms with Crippen molar-refractivity contribution in [3.05, 3.63) is 81.8 Å². The molecular formula is C25H28N2O3S. The SMILES string of the molecule is Cc1nc([C@@]2(O)CCCN(C(=O)c3ccccc3)CC2)sc1CCOc1ccccc1. The zero-order chi connectivity index (χ0) is 21.7. The van der Waals surface area contributed by atoms with Gasteiger partial charge in [-0.05, 0) is 44.0 Å². The molecule has 31 heavy (non-hydrogen) atoms. The van der Waals surface area contributed by atoms with E-state index < -0.39 is 5.60 Å². The molecule has 4 rings (SSSR count). The van der Waals surface area contributed by atoms with Gasteiger partial charge in [0.25, 0.3) is 5.91 Å². The van der Waals surface area contributed by atoms with E-state index in [0.29, 0.717) is 38.1 Å². The van der Waals surface area contributed by atoms with Gasteiger partial charge in [0.15, 0.2) is 0 Å². The maximum atomic E-state index is 12.8. The van der Waals surface area contributed by atoms with Crippen LogP contribution >= 0.6 is 11.3 Å². The number of ether oxygens (including phenoxy) is 1. The van der Waals surface area contributed by atoms with Crippen molar-refractivity contribution in [1.29, 1.82) is 0 Å². The van der Waals surface area contributed by atoms with E-state index in [2.05, 4.69) is 0 Å². The Morgan fingerprint density at radius 1 is 1.10 bits per heavy atom. The number of hydrogen-bond acceptors (Lipinski definition) is 5. The fraction of sp³-hybridized carbons (Fsp3) is 0.360. The molecule has 1 atom stereocenters. The molecule has 1 aromatic heterocycles. The molecule has 0 aliphatic carbocycles. The van der Waals surface area contributed by atoms with E-state index in [-0.39, 0.29) is 5.91 Å². The molecule has 0 bridgehead atoms. The van der Waals surface area contributed by atoms with E-state index in [1.807, 2.05) is 72.5 Å². The number of amides is 1. The molecule has 1 amide bonds. The summed E-state index contributed by atoms with van der Waals surface area (Å²) >= 11 is 1.57. The molecule has 2 aromatic carbocycles. The first-order chi connectivity index (χ1) is 15.0. The van der Waals surface area contributed by atoms with Gasteiger partial charge in [0.1, 0.15) is 16.4 Å². The van der Waals surface area contributed by atoms with Crippen LogP contribution in [0.1, 0.15) is 45.2 Å². The Balaban J connectivity index is 1.39. The molecule has 1 aliphatic rings. The van der Waals surface area contributed by atoms with Gasteiger partial charge in [-0.1, -0.05) is 36.4 Å². The number of para-hydroxylation sites is 1. The van der Waals surface area contributed by atoms with Crippen LogP contribution in [-0.4, -0.2) is 40.6 Å². The van der Waals surface area contributed by atoms with Crippen LogP contribution < -0.4 is 4.74 Å². The average Bonchev–Trinajstić information content (AvgIpc) is 3.06. The van der Waals surface area contributed by atoms with Crippen molar-refractivity contribution in [1.82, 2.24) is 9.88 Å². The second-order valence-electron chi connectivity index (χ2n) is 7.98. The summed E-state index contributed by atoms with van der Waals surface area (Å²) in [6.07, 6.45) is 2.62. The molecule has 3 aromatic rings. The summed E-state index contributed by atoms with van der Waals surface area (Å²) in [7, 11) is 0. The average molecular weight is 437 g/mol. The van der Waals surface area contributed by atoms with E-state index in [1.54, 1.807) is 11.3 Å². The highest BCUT2D eigenvalue weighted by Gasteiger charge is 2.36. The standard InChI is InChI=1S/C25H28N2O3S/c1-19-22(13-18-30-21-11-6-3-7-12-21)31-24(26-19)25(29)14-8-16-27(17-15-25)23(28)20-9-4-2-5-10-20/h2-7,9-12,29H,8,13-18H2,1H3/t25-/m1/s1. The van der Waals surface area contributed by atoms with Gasteiger partial charge in [-0.3, -0.25) is 4.79 Å². The summed E-state index contributed by atoms with van der Waals surface area (Å²) in [4.78, 5) is 20.5. The Labute approximate surface area is 187 Å². The van der Waals surface area contributed by atoms with Gasteiger partial charge in [0, 0.05) is 36.4 Å². The third kappa shape index (κ3) is 5.14. The molecule has 1 saturated heterocycles. The summed E-state index contributed by atoms with van der Waals surface area (Å²) in [5, 5.41) is 12.2. The lowest BCUT2D eigenvalue weighted by Crippen LogP contribution is -2.33. The molecule has 2 heterocycles. The second kappa shape index (κ2) is 9.62. The first kappa shape index (κ1) is 21.5. The first-order valence-corrected chi connectivity index (χ1v) is 11.6. The Bertz CT molecular complexity index is 1010. The number of aryl methyl sites for hydroxylation is 1. The fourth-order valence-corrected chi connectivity index (χ4v) is 5.13. The van der Waals surface area contributed by atoms with E-state index in [9.17, 15) is 9.90 Å². The van der Waals surface area contributed by atoms with Crippen LogP contribution in [0.3, 0.4) is 0 Å². The Morgan fingerprint density at radius 3 is 2.55 bits per heavy atom. The number of thiazole rings is 1. The van der Waals surface area contributed by atoms with Gasteiger partial charge >= 0.3 is 0 Å². The van der Waals surface area contributed by atoms with Crippen molar-refractivity contribution in [2.45, 2.75) is 38.2 Å². The Kier molecular flexibility index (Phi) is 6.68. The number of rotatable bonds is 6. The van der Waals surface area contributed by atoms with Crippen LogP contribution in [0.25, 0.3) is 0 Å². The number of nitrogens with zero attached hydrogens (tertiary/aromatic N) is 2. The minimum atomic E-state index is -0.986. The maximum absolute atomic E-state index is 12.8. The van der Waals surface area contributed by atoms with Gasteiger partial charge in [-0.25, -0.2) is 4.98 Å². The highest BCUT2D eigenvalue weighted by atomic mass is 32.1. The van der Waals surface area contributed by atoms with Crippen molar-refractivity contribution in [3.63, 3.8) is 0 Å². The van der Waals surface area contributed by atoms with Crippen molar-refractivity contribution in [2.24, 2.45) is 0 Å². The molecule has 5 nitrogen and oxygen atoms in total. The number of aliphatic hydroxyl groups is 1. The second-order valence-corrected chi connectivity index (χ2v) is 9.07. The molecule has 0 spiro atoms. The summed E-state index contributed by atoms with van der Waals surface area (Å²) in [5.74, 6) is 0.884. The van der Waals surface area contributed by atoms with Crippen molar-refractivity contribution < 1.29 is 14.6 Å². The molecule has 1 aliphatic heterocycles. The molecule has 162 valence electrons. The third-order valence-electron chi connectivity index (χ3n) is 5.75. The molecule has 0 radical (unpaired) electrons. The zero-order valence-electron chi connectivity index (χ0n) is 17.8. The van der Waals surface area contributed by atoms with Crippen LogP contribution in [0, 0.1) is 6.92 Å². The number of carbonyl (C=O) groups excluding carboxylic acids is 1. The molecule has 6 heteroatoms. The highest BCUT2D eigenvalue weighted by Crippen LogP contribution is 2.37. The first-order valence-electron chi connectivity index (χ1n) is 10.8. The molecule has 1 fully saturated rings. The number of carbonyl (C=O) groups is 1. The van der Waals surface area contributed by atoms with Gasteiger partial charge in [0.2, 0.25) is 0 Å². The summed E-state index contributed by atoms with van der Waals surface area (Å²) in [6.45, 7) is 3.74. The largest absolute Gasteiger partial charge is 0.493 e. The number of aromatic nitrogens is 1. The molecule has 0 saturated carbocycles. The predicted molar refractivity (Wildman–Crippen MR) is 123 cm³/mol. The van der Waals surface area contributed by atoms with Crippen molar-refractivity contribution >= 4 is 17.2 Å². The minimum Gasteiger partial charge on any atom is -0.493 e. The smallest absolute Gasteiger partial charge is 0.253 e. The van der Waals surface area contributed by atoms with Gasteiger partial charge < -0.3 is 14.7 Å². The summed E-state index contributed by atoms with van der Waals surface area (Å²) in [6, 6.07) is 19.1. The third-order valence-corrected chi connectivity index (χ3v) is 7.16. The lowest BCUT2D eigenvalue weighted by Gasteiger charge is -2.25. The van der Waals surface area contributed by atoms with E-state index >= 15 is 0 Å². The van der Waals surface area contributed by atoms with Crippen LogP contribution in [0.15, 0.2) is 60.7 Å². The maximum Gasteiger partial charge on any atom is 0.253 e. The Hall–Kier alpha value is -2.70. The normalized spacial score (nSPS) is 19.1. The van der Waals surface area contributed by atoms with Crippen LogP contribution in [-0.2, 0) is 12.0 Å². The van der Waals surface area contributed by atoms with Gasteiger partial charge in [0.05, 0.1) is 12.3 Å². The molecule has 1 N–H and O–H groups in total.